The lowest BCUT2D eigenvalue weighted by atomic mass is 10.1. The second kappa shape index (κ2) is 11.8. The van der Waals surface area contributed by atoms with Gasteiger partial charge in [0.15, 0.2) is 5.96 Å². The van der Waals surface area contributed by atoms with Crippen molar-refractivity contribution in [3.63, 3.8) is 0 Å². The lowest BCUT2D eigenvalue weighted by Gasteiger charge is -2.26. The number of rotatable bonds is 7. The van der Waals surface area contributed by atoms with E-state index in [2.05, 4.69) is 20.5 Å². The summed E-state index contributed by atoms with van der Waals surface area (Å²) in [5.41, 5.74) is 1.37. The SMILES string of the molecule is CN=C(NCc1cc(F)ccc1F)NCC(c1ccc(OC)cc1)N(C)C.I. The molecule has 1 atom stereocenters. The van der Waals surface area contributed by atoms with Crippen molar-refractivity contribution < 1.29 is 13.5 Å². The Morgan fingerprint density at radius 1 is 1.11 bits per heavy atom. The van der Waals surface area contributed by atoms with Crippen LogP contribution in [-0.2, 0) is 6.54 Å². The molecule has 0 amide bonds. The topological polar surface area (TPSA) is 48.9 Å². The van der Waals surface area contributed by atoms with Crippen LogP contribution < -0.4 is 15.4 Å². The van der Waals surface area contributed by atoms with Gasteiger partial charge < -0.3 is 20.3 Å². The van der Waals surface area contributed by atoms with Crippen LogP contribution in [0.4, 0.5) is 8.78 Å². The van der Waals surface area contributed by atoms with E-state index in [1.807, 2.05) is 38.4 Å². The van der Waals surface area contributed by atoms with E-state index in [1.54, 1.807) is 14.2 Å². The van der Waals surface area contributed by atoms with Gasteiger partial charge in [-0.15, -0.1) is 24.0 Å². The predicted octanol–water partition coefficient (Wildman–Crippen LogP) is 3.56. The van der Waals surface area contributed by atoms with Gasteiger partial charge in [-0.25, -0.2) is 8.78 Å². The highest BCUT2D eigenvalue weighted by Gasteiger charge is 2.15. The molecule has 0 heterocycles. The lowest BCUT2D eigenvalue weighted by Crippen LogP contribution is -2.41. The summed E-state index contributed by atoms with van der Waals surface area (Å²) in [7, 11) is 7.26. The molecule has 0 bridgehead atoms. The fourth-order valence-corrected chi connectivity index (χ4v) is 2.70. The Kier molecular flexibility index (Phi) is 10.2. The largest absolute Gasteiger partial charge is 0.497 e. The number of hydrogen-bond donors (Lipinski definition) is 2. The molecule has 2 rings (SSSR count). The fraction of sp³-hybridized carbons (Fsp3) is 0.350. The molecule has 0 aliphatic carbocycles. The van der Waals surface area contributed by atoms with Gasteiger partial charge in [0.1, 0.15) is 17.4 Å². The molecule has 1 unspecified atom stereocenters. The van der Waals surface area contributed by atoms with E-state index in [0.29, 0.717) is 12.5 Å². The van der Waals surface area contributed by atoms with Gasteiger partial charge >= 0.3 is 0 Å². The normalized spacial score (nSPS) is 12.3. The van der Waals surface area contributed by atoms with Gasteiger partial charge in [-0.3, -0.25) is 4.99 Å². The molecule has 0 aliphatic heterocycles. The van der Waals surface area contributed by atoms with Crippen LogP contribution in [0.25, 0.3) is 0 Å². The molecule has 0 aromatic heterocycles. The first kappa shape index (κ1) is 24.1. The molecule has 5 nitrogen and oxygen atoms in total. The van der Waals surface area contributed by atoms with Gasteiger partial charge in [0.05, 0.1) is 13.2 Å². The Hall–Kier alpha value is -1.94. The molecule has 2 aromatic rings. The average Bonchev–Trinajstić information content (AvgIpc) is 2.67. The van der Waals surface area contributed by atoms with E-state index in [1.165, 1.54) is 6.07 Å². The van der Waals surface area contributed by atoms with Crippen LogP contribution in [-0.4, -0.2) is 45.7 Å². The molecule has 0 spiro atoms. The number of nitrogens with one attached hydrogen (secondary N) is 2. The van der Waals surface area contributed by atoms with E-state index < -0.39 is 11.6 Å². The Morgan fingerprint density at radius 2 is 1.79 bits per heavy atom. The molecule has 0 saturated heterocycles. The molecule has 0 fully saturated rings. The van der Waals surface area contributed by atoms with Crippen molar-refractivity contribution in [2.24, 2.45) is 4.99 Å². The molecule has 2 N–H and O–H groups in total. The number of halogens is 3. The highest BCUT2D eigenvalue weighted by atomic mass is 127. The molecule has 8 heteroatoms. The third kappa shape index (κ3) is 6.90. The number of aliphatic imine (C=N–C) groups is 1. The van der Waals surface area contributed by atoms with Gasteiger partial charge in [-0.1, -0.05) is 12.1 Å². The Morgan fingerprint density at radius 3 is 2.36 bits per heavy atom. The van der Waals surface area contributed by atoms with Crippen molar-refractivity contribution in [3.8, 4) is 5.75 Å². The summed E-state index contributed by atoms with van der Waals surface area (Å²) in [5, 5.41) is 6.24. The Bertz CT molecular complexity index is 769. The monoisotopic (exact) mass is 504 g/mol. The van der Waals surface area contributed by atoms with Gasteiger partial charge in [0, 0.05) is 25.7 Å². The highest BCUT2D eigenvalue weighted by Crippen LogP contribution is 2.20. The van der Waals surface area contributed by atoms with Crippen LogP contribution in [0.15, 0.2) is 47.5 Å². The van der Waals surface area contributed by atoms with Gasteiger partial charge in [-0.05, 0) is 50.0 Å². The summed E-state index contributed by atoms with van der Waals surface area (Å²) in [4.78, 5) is 6.24. The zero-order chi connectivity index (χ0) is 19.8. The first-order valence-electron chi connectivity index (χ1n) is 8.63. The molecule has 2 aromatic carbocycles. The zero-order valence-electron chi connectivity index (χ0n) is 16.5. The summed E-state index contributed by atoms with van der Waals surface area (Å²) in [6, 6.07) is 11.4. The molecular weight excluding hydrogens is 477 g/mol. The zero-order valence-corrected chi connectivity index (χ0v) is 18.8. The standard InChI is InChI=1S/C20H26F2N4O.HI/c1-23-20(24-12-15-11-16(21)7-10-18(15)22)25-13-19(26(2)3)14-5-8-17(27-4)9-6-14;/h5-11,19H,12-13H2,1-4H3,(H2,23,24,25);1H. The van der Waals surface area contributed by atoms with E-state index in [4.69, 9.17) is 4.74 Å². The molecule has 0 saturated carbocycles. The maximum atomic E-state index is 13.7. The molecule has 154 valence electrons. The smallest absolute Gasteiger partial charge is 0.191 e. The summed E-state index contributed by atoms with van der Waals surface area (Å²) >= 11 is 0. The fourth-order valence-electron chi connectivity index (χ4n) is 2.70. The summed E-state index contributed by atoms with van der Waals surface area (Å²) in [6.45, 7) is 0.725. The minimum atomic E-state index is -0.469. The van der Waals surface area contributed by atoms with Crippen LogP contribution >= 0.6 is 24.0 Å². The number of likely N-dealkylation sites (N-methyl/N-ethyl adjacent to an activating group) is 1. The van der Waals surface area contributed by atoms with Gasteiger partial charge in [0.2, 0.25) is 0 Å². The van der Waals surface area contributed by atoms with Crippen LogP contribution in [0.3, 0.4) is 0 Å². The quantitative estimate of drug-likeness (QED) is 0.344. The van der Waals surface area contributed by atoms with Crippen molar-refractivity contribution >= 4 is 29.9 Å². The lowest BCUT2D eigenvalue weighted by molar-refractivity contribution is 0.298. The number of hydrogen-bond acceptors (Lipinski definition) is 3. The first-order valence-corrected chi connectivity index (χ1v) is 8.63. The van der Waals surface area contributed by atoms with Crippen LogP contribution in [0.1, 0.15) is 17.2 Å². The first-order chi connectivity index (χ1) is 12.9. The number of guanidine groups is 1. The minimum absolute atomic E-state index is 0. The third-order valence-electron chi connectivity index (χ3n) is 4.26. The third-order valence-corrected chi connectivity index (χ3v) is 4.26. The number of benzene rings is 2. The Balaban J connectivity index is 0.00000392. The summed E-state index contributed by atoms with van der Waals surface area (Å²) in [5.74, 6) is 0.393. The van der Waals surface area contributed by atoms with E-state index >= 15 is 0 Å². The van der Waals surface area contributed by atoms with E-state index in [9.17, 15) is 8.78 Å². The maximum absolute atomic E-state index is 13.7. The highest BCUT2D eigenvalue weighted by molar-refractivity contribution is 14.0. The van der Waals surface area contributed by atoms with E-state index in [-0.39, 0.29) is 42.1 Å². The second-order valence-corrected chi connectivity index (χ2v) is 6.29. The van der Waals surface area contributed by atoms with Crippen LogP contribution in [0, 0.1) is 11.6 Å². The molecule has 0 radical (unpaired) electrons. The second-order valence-electron chi connectivity index (χ2n) is 6.29. The summed E-state index contributed by atoms with van der Waals surface area (Å²) in [6.07, 6.45) is 0. The van der Waals surface area contributed by atoms with Crippen molar-refractivity contribution in [1.29, 1.82) is 0 Å². The molecular formula is C20H27F2IN4O. The van der Waals surface area contributed by atoms with Crippen LogP contribution in [0.5, 0.6) is 5.75 Å². The Labute approximate surface area is 182 Å². The van der Waals surface area contributed by atoms with Crippen molar-refractivity contribution in [1.82, 2.24) is 15.5 Å². The number of methoxy groups -OCH3 is 1. The molecule has 0 aliphatic rings. The minimum Gasteiger partial charge on any atom is -0.497 e. The van der Waals surface area contributed by atoms with E-state index in [0.717, 1.165) is 23.4 Å². The van der Waals surface area contributed by atoms with Crippen molar-refractivity contribution in [3.05, 3.63) is 65.2 Å². The number of ether oxygens (including phenoxy) is 1. The van der Waals surface area contributed by atoms with Crippen LogP contribution in [0.2, 0.25) is 0 Å². The van der Waals surface area contributed by atoms with Crippen molar-refractivity contribution in [2.45, 2.75) is 12.6 Å². The van der Waals surface area contributed by atoms with Crippen molar-refractivity contribution in [2.75, 3.05) is 34.8 Å². The maximum Gasteiger partial charge on any atom is 0.191 e. The number of nitrogens with zero attached hydrogens (tertiary/aromatic N) is 2. The van der Waals surface area contributed by atoms with Gasteiger partial charge in [0.25, 0.3) is 0 Å². The summed E-state index contributed by atoms with van der Waals surface area (Å²) < 4.78 is 32.2. The molecule has 28 heavy (non-hydrogen) atoms. The van der Waals surface area contributed by atoms with Gasteiger partial charge in [-0.2, -0.15) is 0 Å². The average molecular weight is 504 g/mol. The predicted molar refractivity (Wildman–Crippen MR) is 119 cm³/mol.